The predicted molar refractivity (Wildman–Crippen MR) is 85.7 cm³/mol. The summed E-state index contributed by atoms with van der Waals surface area (Å²) in [5.74, 6) is 0.952. The number of rotatable bonds is 3. The first-order valence-corrected chi connectivity index (χ1v) is 7.46. The fraction of sp³-hybridized carbons (Fsp3) is 0.188. The molecule has 0 radical (unpaired) electrons. The summed E-state index contributed by atoms with van der Waals surface area (Å²) in [6.45, 7) is 1.32. The SMILES string of the molecule is COc1ccc(CN2Cc3ccc(I)cc3C2=O)cc1. The lowest BCUT2D eigenvalue weighted by molar-refractivity contribution is 0.0766. The highest BCUT2D eigenvalue weighted by Gasteiger charge is 2.27. The number of carbonyl (C=O) groups excluding carboxylic acids is 1. The summed E-state index contributed by atoms with van der Waals surface area (Å²) < 4.78 is 6.24. The van der Waals surface area contributed by atoms with Gasteiger partial charge in [0.1, 0.15) is 5.75 Å². The number of amides is 1. The van der Waals surface area contributed by atoms with Crippen LogP contribution in [-0.2, 0) is 13.1 Å². The summed E-state index contributed by atoms with van der Waals surface area (Å²) in [7, 11) is 1.65. The van der Waals surface area contributed by atoms with E-state index in [1.165, 1.54) is 0 Å². The molecule has 0 fully saturated rings. The van der Waals surface area contributed by atoms with E-state index < -0.39 is 0 Å². The number of nitrogens with zero attached hydrogens (tertiary/aromatic N) is 1. The van der Waals surface area contributed by atoms with Crippen molar-refractivity contribution in [3.8, 4) is 5.75 Å². The van der Waals surface area contributed by atoms with Crippen molar-refractivity contribution in [2.24, 2.45) is 0 Å². The molecule has 0 saturated heterocycles. The molecule has 3 rings (SSSR count). The number of hydrogen-bond donors (Lipinski definition) is 0. The van der Waals surface area contributed by atoms with Gasteiger partial charge in [0.05, 0.1) is 7.11 Å². The van der Waals surface area contributed by atoms with Crippen LogP contribution in [0.25, 0.3) is 0 Å². The molecular weight excluding hydrogens is 365 g/mol. The molecule has 0 unspecified atom stereocenters. The monoisotopic (exact) mass is 379 g/mol. The van der Waals surface area contributed by atoms with E-state index in [1.54, 1.807) is 7.11 Å². The average Bonchev–Trinajstić information content (AvgIpc) is 2.76. The molecule has 2 aromatic carbocycles. The van der Waals surface area contributed by atoms with Crippen LogP contribution in [0.5, 0.6) is 5.75 Å². The lowest BCUT2D eigenvalue weighted by Gasteiger charge is -2.15. The lowest BCUT2D eigenvalue weighted by Crippen LogP contribution is -2.23. The summed E-state index contributed by atoms with van der Waals surface area (Å²) in [4.78, 5) is 14.3. The normalized spacial score (nSPS) is 13.5. The van der Waals surface area contributed by atoms with E-state index in [-0.39, 0.29) is 5.91 Å². The molecule has 0 spiro atoms. The number of ether oxygens (including phenoxy) is 1. The van der Waals surface area contributed by atoms with Crippen LogP contribution in [0, 0.1) is 3.57 Å². The van der Waals surface area contributed by atoms with E-state index >= 15 is 0 Å². The average molecular weight is 379 g/mol. The zero-order valence-electron chi connectivity index (χ0n) is 11.1. The van der Waals surface area contributed by atoms with Crippen molar-refractivity contribution in [1.82, 2.24) is 4.90 Å². The van der Waals surface area contributed by atoms with E-state index in [2.05, 4.69) is 22.6 Å². The molecule has 0 atom stereocenters. The van der Waals surface area contributed by atoms with Crippen molar-refractivity contribution in [3.05, 3.63) is 62.7 Å². The van der Waals surface area contributed by atoms with Gasteiger partial charge in [0, 0.05) is 22.2 Å². The van der Waals surface area contributed by atoms with Crippen LogP contribution in [0.4, 0.5) is 0 Å². The second-order valence-corrected chi connectivity index (χ2v) is 6.06. The topological polar surface area (TPSA) is 29.5 Å². The minimum atomic E-state index is 0.120. The first kappa shape index (κ1) is 13.4. The Hall–Kier alpha value is -1.56. The molecule has 2 aromatic rings. The maximum absolute atomic E-state index is 12.4. The van der Waals surface area contributed by atoms with Gasteiger partial charge in [-0.15, -0.1) is 0 Å². The highest BCUT2D eigenvalue weighted by Crippen LogP contribution is 2.26. The Morgan fingerprint density at radius 1 is 1.20 bits per heavy atom. The summed E-state index contributed by atoms with van der Waals surface area (Å²) in [5.41, 5.74) is 3.07. The van der Waals surface area contributed by atoms with Gasteiger partial charge in [-0.05, 0) is 58.0 Å². The Balaban J connectivity index is 1.78. The van der Waals surface area contributed by atoms with Crippen molar-refractivity contribution in [3.63, 3.8) is 0 Å². The molecule has 1 amide bonds. The highest BCUT2D eigenvalue weighted by atomic mass is 127. The highest BCUT2D eigenvalue weighted by molar-refractivity contribution is 14.1. The molecule has 0 N–H and O–H groups in total. The first-order chi connectivity index (χ1) is 9.67. The second-order valence-electron chi connectivity index (χ2n) is 4.81. The van der Waals surface area contributed by atoms with Gasteiger partial charge in [0.2, 0.25) is 0 Å². The largest absolute Gasteiger partial charge is 0.497 e. The fourth-order valence-corrected chi connectivity index (χ4v) is 2.90. The van der Waals surface area contributed by atoms with Crippen LogP contribution in [-0.4, -0.2) is 17.9 Å². The molecule has 0 saturated carbocycles. The van der Waals surface area contributed by atoms with Crippen molar-refractivity contribution >= 4 is 28.5 Å². The van der Waals surface area contributed by atoms with Gasteiger partial charge in [-0.1, -0.05) is 18.2 Å². The molecule has 102 valence electrons. The minimum Gasteiger partial charge on any atom is -0.497 e. The zero-order chi connectivity index (χ0) is 14.1. The van der Waals surface area contributed by atoms with Crippen LogP contribution < -0.4 is 4.74 Å². The number of carbonyl (C=O) groups is 1. The molecule has 1 heterocycles. The van der Waals surface area contributed by atoms with Crippen LogP contribution in [0.2, 0.25) is 0 Å². The molecular formula is C16H14INO2. The Bertz CT molecular complexity index is 652. The van der Waals surface area contributed by atoms with E-state index in [9.17, 15) is 4.79 Å². The number of methoxy groups -OCH3 is 1. The van der Waals surface area contributed by atoms with Gasteiger partial charge in [-0.3, -0.25) is 4.79 Å². The third-order valence-corrected chi connectivity index (χ3v) is 4.15. The Labute approximate surface area is 131 Å². The number of benzene rings is 2. The predicted octanol–water partition coefficient (Wildman–Crippen LogP) is 3.46. The smallest absolute Gasteiger partial charge is 0.254 e. The number of fused-ring (bicyclic) bond motifs is 1. The van der Waals surface area contributed by atoms with Gasteiger partial charge in [0.25, 0.3) is 5.91 Å². The van der Waals surface area contributed by atoms with Gasteiger partial charge >= 0.3 is 0 Å². The van der Waals surface area contributed by atoms with Crippen molar-refractivity contribution < 1.29 is 9.53 Å². The summed E-state index contributed by atoms with van der Waals surface area (Å²) >= 11 is 2.24. The fourth-order valence-electron chi connectivity index (χ4n) is 2.41. The van der Waals surface area contributed by atoms with Gasteiger partial charge < -0.3 is 9.64 Å². The van der Waals surface area contributed by atoms with E-state index in [0.29, 0.717) is 13.1 Å². The Morgan fingerprint density at radius 2 is 1.95 bits per heavy atom. The van der Waals surface area contributed by atoms with E-state index in [0.717, 1.165) is 26.0 Å². The molecule has 0 bridgehead atoms. The Morgan fingerprint density at radius 3 is 2.65 bits per heavy atom. The quantitative estimate of drug-likeness (QED) is 0.765. The molecule has 3 nitrogen and oxygen atoms in total. The minimum absolute atomic E-state index is 0.120. The van der Waals surface area contributed by atoms with Crippen LogP contribution in [0.1, 0.15) is 21.5 Å². The zero-order valence-corrected chi connectivity index (χ0v) is 13.3. The summed E-state index contributed by atoms with van der Waals surface area (Å²) in [6.07, 6.45) is 0. The standard InChI is InChI=1S/C16H14INO2/c1-20-14-6-2-11(3-7-14)9-18-10-12-4-5-13(17)8-15(12)16(18)19/h2-8H,9-10H2,1H3. The van der Waals surface area contributed by atoms with Gasteiger partial charge in [-0.25, -0.2) is 0 Å². The number of halogens is 1. The molecule has 0 aliphatic carbocycles. The first-order valence-electron chi connectivity index (χ1n) is 6.38. The lowest BCUT2D eigenvalue weighted by atomic mass is 10.1. The van der Waals surface area contributed by atoms with Gasteiger partial charge in [0.15, 0.2) is 0 Å². The van der Waals surface area contributed by atoms with Crippen molar-refractivity contribution in [2.45, 2.75) is 13.1 Å². The molecule has 1 aliphatic heterocycles. The van der Waals surface area contributed by atoms with Crippen molar-refractivity contribution in [2.75, 3.05) is 7.11 Å². The van der Waals surface area contributed by atoms with Crippen LogP contribution >= 0.6 is 22.6 Å². The number of hydrogen-bond acceptors (Lipinski definition) is 2. The summed E-state index contributed by atoms with van der Waals surface area (Å²) in [5, 5.41) is 0. The molecule has 1 aliphatic rings. The van der Waals surface area contributed by atoms with Gasteiger partial charge in [-0.2, -0.15) is 0 Å². The maximum Gasteiger partial charge on any atom is 0.254 e. The van der Waals surface area contributed by atoms with Crippen LogP contribution in [0.15, 0.2) is 42.5 Å². The van der Waals surface area contributed by atoms with E-state index in [4.69, 9.17) is 4.74 Å². The molecule has 0 aromatic heterocycles. The maximum atomic E-state index is 12.4. The molecule has 4 heteroatoms. The van der Waals surface area contributed by atoms with Crippen molar-refractivity contribution in [1.29, 1.82) is 0 Å². The Kier molecular flexibility index (Phi) is 3.65. The third kappa shape index (κ3) is 2.52. The third-order valence-electron chi connectivity index (χ3n) is 3.48. The second kappa shape index (κ2) is 5.44. The summed E-state index contributed by atoms with van der Waals surface area (Å²) in [6, 6.07) is 13.9. The van der Waals surface area contributed by atoms with Crippen LogP contribution in [0.3, 0.4) is 0 Å². The molecule has 20 heavy (non-hydrogen) atoms. The van der Waals surface area contributed by atoms with E-state index in [1.807, 2.05) is 47.4 Å².